The molecule has 2 amide bonds. The van der Waals surface area contributed by atoms with Gasteiger partial charge in [0.2, 0.25) is 11.8 Å². The van der Waals surface area contributed by atoms with E-state index in [1.165, 1.54) is 61.6 Å². The summed E-state index contributed by atoms with van der Waals surface area (Å²) in [4.78, 5) is 29.7. The third-order valence-electron chi connectivity index (χ3n) is 7.39. The first kappa shape index (κ1) is 36.9. The molecule has 254 valence electrons. The molecule has 0 spiro atoms. The molecule has 0 radical (unpaired) electrons. The first-order valence-corrected chi connectivity index (χ1v) is 17.5. The molecule has 0 aromatic heterocycles. The van der Waals surface area contributed by atoms with Gasteiger partial charge in [-0.2, -0.15) is 0 Å². The highest BCUT2D eigenvalue weighted by Gasteiger charge is 2.35. The van der Waals surface area contributed by atoms with Crippen LogP contribution in [0.3, 0.4) is 0 Å². The molecule has 0 aliphatic carbocycles. The number of carbonyl (C=O) groups is 2. The van der Waals surface area contributed by atoms with Crippen LogP contribution in [-0.4, -0.2) is 58.0 Å². The molecular formula is C35H36Cl3N3O6S. The predicted molar refractivity (Wildman–Crippen MR) is 190 cm³/mol. The van der Waals surface area contributed by atoms with E-state index in [0.29, 0.717) is 21.4 Å². The summed E-state index contributed by atoms with van der Waals surface area (Å²) in [7, 11) is -1.57. The number of sulfonamides is 1. The molecule has 48 heavy (non-hydrogen) atoms. The number of nitrogens with one attached hydrogen (secondary N) is 1. The molecule has 0 fully saturated rings. The van der Waals surface area contributed by atoms with Gasteiger partial charge in [-0.1, -0.05) is 71.2 Å². The summed E-state index contributed by atoms with van der Waals surface area (Å²) in [6.45, 7) is 2.86. The van der Waals surface area contributed by atoms with Crippen molar-refractivity contribution in [1.82, 2.24) is 10.2 Å². The highest BCUT2D eigenvalue weighted by Crippen LogP contribution is 2.33. The lowest BCUT2D eigenvalue weighted by atomic mass is 10.0. The lowest BCUT2D eigenvalue weighted by Gasteiger charge is -2.34. The fourth-order valence-electron chi connectivity index (χ4n) is 5.01. The maximum Gasteiger partial charge on any atom is 0.264 e. The highest BCUT2D eigenvalue weighted by atomic mass is 35.5. The van der Waals surface area contributed by atoms with E-state index in [1.54, 1.807) is 18.2 Å². The van der Waals surface area contributed by atoms with Crippen LogP contribution in [0.5, 0.6) is 11.5 Å². The van der Waals surface area contributed by atoms with Crippen LogP contribution in [0.1, 0.15) is 25.0 Å². The standard InChI is InChI=1S/C35H36Cl3N3O6S/c1-23(2)39-35(43)31(18-24-8-6-5-7-9-24)40(21-25-10-11-27(37)19-30(25)38)34(42)22-41(28-14-12-26(36)13-15-28)48(44,45)29-16-17-32(46-3)33(20-29)47-4/h5-17,19-20,23,31H,18,21-22H2,1-4H3,(H,39,43)/t31-/m1/s1. The largest absolute Gasteiger partial charge is 0.493 e. The van der Waals surface area contributed by atoms with Crippen molar-refractivity contribution in [3.63, 3.8) is 0 Å². The Morgan fingerprint density at radius 1 is 0.812 bits per heavy atom. The lowest BCUT2D eigenvalue weighted by molar-refractivity contribution is -0.140. The molecule has 9 nitrogen and oxygen atoms in total. The number of anilines is 1. The van der Waals surface area contributed by atoms with Crippen molar-refractivity contribution in [1.29, 1.82) is 0 Å². The zero-order chi connectivity index (χ0) is 35.0. The Balaban J connectivity index is 1.84. The maximum atomic E-state index is 14.6. The topological polar surface area (TPSA) is 105 Å². The molecule has 0 saturated heterocycles. The van der Waals surface area contributed by atoms with Crippen molar-refractivity contribution < 1.29 is 27.5 Å². The second-order valence-electron chi connectivity index (χ2n) is 11.1. The maximum absolute atomic E-state index is 14.6. The smallest absolute Gasteiger partial charge is 0.264 e. The molecule has 13 heteroatoms. The number of benzene rings is 4. The average Bonchev–Trinajstić information content (AvgIpc) is 3.06. The van der Waals surface area contributed by atoms with E-state index >= 15 is 0 Å². The minimum atomic E-state index is -4.40. The molecule has 0 bridgehead atoms. The number of hydrogen-bond donors (Lipinski definition) is 1. The number of rotatable bonds is 14. The Labute approximate surface area is 296 Å². The summed E-state index contributed by atoms with van der Waals surface area (Å²) < 4.78 is 40.3. The summed E-state index contributed by atoms with van der Waals surface area (Å²) in [6.07, 6.45) is 0.152. The van der Waals surface area contributed by atoms with Gasteiger partial charge in [-0.25, -0.2) is 8.42 Å². The van der Waals surface area contributed by atoms with Crippen LogP contribution in [0.2, 0.25) is 15.1 Å². The first-order valence-electron chi connectivity index (χ1n) is 14.9. The van der Waals surface area contributed by atoms with E-state index < -0.39 is 34.4 Å². The summed E-state index contributed by atoms with van der Waals surface area (Å²) in [5, 5.41) is 3.98. The van der Waals surface area contributed by atoms with Crippen LogP contribution in [0.25, 0.3) is 0 Å². The van der Waals surface area contributed by atoms with E-state index in [-0.39, 0.29) is 40.4 Å². The van der Waals surface area contributed by atoms with Crippen LogP contribution in [0.15, 0.2) is 95.9 Å². The number of methoxy groups -OCH3 is 2. The van der Waals surface area contributed by atoms with E-state index in [9.17, 15) is 18.0 Å². The predicted octanol–water partition coefficient (Wildman–Crippen LogP) is 7.02. The van der Waals surface area contributed by atoms with Gasteiger partial charge in [0.05, 0.1) is 24.8 Å². The van der Waals surface area contributed by atoms with E-state index in [0.717, 1.165) is 9.87 Å². The molecule has 0 aliphatic rings. The van der Waals surface area contributed by atoms with Crippen molar-refractivity contribution in [2.75, 3.05) is 25.1 Å². The summed E-state index contributed by atoms with van der Waals surface area (Å²) in [5.74, 6) is -0.544. The third kappa shape index (κ3) is 9.14. The van der Waals surface area contributed by atoms with Gasteiger partial charge in [-0.15, -0.1) is 0 Å². The monoisotopic (exact) mass is 731 g/mol. The fourth-order valence-corrected chi connectivity index (χ4v) is 7.03. The summed E-state index contributed by atoms with van der Waals surface area (Å²) in [5.41, 5.74) is 1.50. The van der Waals surface area contributed by atoms with Gasteiger partial charge in [-0.3, -0.25) is 13.9 Å². The van der Waals surface area contributed by atoms with E-state index in [1.807, 2.05) is 44.2 Å². The average molecular weight is 733 g/mol. The van der Waals surface area contributed by atoms with Gasteiger partial charge < -0.3 is 19.7 Å². The molecule has 0 heterocycles. The molecule has 0 unspecified atom stereocenters. The number of ether oxygens (including phenoxy) is 2. The minimum Gasteiger partial charge on any atom is -0.493 e. The molecule has 1 atom stereocenters. The number of amides is 2. The Kier molecular flexibility index (Phi) is 12.6. The molecule has 4 aromatic carbocycles. The quantitative estimate of drug-likeness (QED) is 0.149. The normalized spacial score (nSPS) is 11.9. The Bertz CT molecular complexity index is 1840. The van der Waals surface area contributed by atoms with Crippen LogP contribution in [-0.2, 0) is 32.6 Å². The first-order chi connectivity index (χ1) is 22.8. The lowest BCUT2D eigenvalue weighted by Crippen LogP contribution is -2.54. The van der Waals surface area contributed by atoms with Crippen molar-refractivity contribution in [2.45, 2.75) is 43.8 Å². The van der Waals surface area contributed by atoms with Crippen LogP contribution in [0, 0.1) is 0 Å². The van der Waals surface area contributed by atoms with Crippen LogP contribution >= 0.6 is 34.8 Å². The highest BCUT2D eigenvalue weighted by molar-refractivity contribution is 7.92. The van der Waals surface area contributed by atoms with Crippen LogP contribution in [0.4, 0.5) is 5.69 Å². The number of halogens is 3. The van der Waals surface area contributed by atoms with Gasteiger partial charge in [0.25, 0.3) is 10.0 Å². The van der Waals surface area contributed by atoms with Crippen molar-refractivity contribution >= 4 is 62.3 Å². The summed E-state index contributed by atoms with van der Waals surface area (Å²) >= 11 is 18.9. The Morgan fingerprint density at radius 3 is 2.06 bits per heavy atom. The SMILES string of the molecule is COc1ccc(S(=O)(=O)N(CC(=O)N(Cc2ccc(Cl)cc2Cl)[C@H](Cc2ccccc2)C(=O)NC(C)C)c2ccc(Cl)cc2)cc1OC. The van der Waals surface area contributed by atoms with Gasteiger partial charge in [0.15, 0.2) is 11.5 Å². The molecule has 4 rings (SSSR count). The van der Waals surface area contributed by atoms with Crippen molar-refractivity contribution in [3.8, 4) is 11.5 Å². The minimum absolute atomic E-state index is 0.108. The molecular weight excluding hydrogens is 697 g/mol. The Hall–Kier alpha value is -3.96. The zero-order valence-corrected chi connectivity index (χ0v) is 29.9. The van der Waals surface area contributed by atoms with Crippen molar-refractivity contribution in [3.05, 3.63) is 117 Å². The summed E-state index contributed by atoms with van der Waals surface area (Å²) in [6, 6.07) is 23.0. The Morgan fingerprint density at radius 2 is 1.46 bits per heavy atom. The van der Waals surface area contributed by atoms with Gasteiger partial charge in [-0.05, 0) is 73.5 Å². The van der Waals surface area contributed by atoms with E-state index in [4.69, 9.17) is 44.3 Å². The van der Waals surface area contributed by atoms with Gasteiger partial charge >= 0.3 is 0 Å². The van der Waals surface area contributed by atoms with Crippen LogP contribution < -0.4 is 19.1 Å². The van der Waals surface area contributed by atoms with E-state index in [2.05, 4.69) is 5.32 Å². The third-order valence-corrected chi connectivity index (χ3v) is 10.0. The zero-order valence-electron chi connectivity index (χ0n) is 26.8. The van der Waals surface area contributed by atoms with Crippen molar-refractivity contribution in [2.24, 2.45) is 0 Å². The second-order valence-corrected chi connectivity index (χ2v) is 14.3. The number of nitrogens with zero attached hydrogens (tertiary/aromatic N) is 2. The molecule has 1 N–H and O–H groups in total. The fraction of sp³-hybridized carbons (Fsp3) is 0.257. The van der Waals surface area contributed by atoms with Gasteiger partial charge in [0, 0.05) is 40.1 Å². The molecule has 4 aromatic rings. The number of carbonyl (C=O) groups excluding carboxylic acids is 2. The number of hydrogen-bond acceptors (Lipinski definition) is 6. The molecule has 0 aliphatic heterocycles. The molecule has 0 saturated carbocycles. The second kappa shape index (κ2) is 16.4. The van der Waals surface area contributed by atoms with Gasteiger partial charge in [0.1, 0.15) is 12.6 Å².